The van der Waals surface area contributed by atoms with E-state index in [0.717, 1.165) is 30.2 Å². The third-order valence-electron chi connectivity index (χ3n) is 6.44. The van der Waals surface area contributed by atoms with Gasteiger partial charge in [0, 0.05) is 5.39 Å². The summed E-state index contributed by atoms with van der Waals surface area (Å²) in [6.45, 7) is 2.25. The molecule has 0 aliphatic heterocycles. The van der Waals surface area contributed by atoms with Crippen LogP contribution in [0, 0.1) is 11.7 Å². The van der Waals surface area contributed by atoms with Crippen LogP contribution in [-0.2, 0) is 11.2 Å². The molecule has 3 heteroatoms. The first-order valence-corrected chi connectivity index (χ1v) is 10.5. The molecule has 1 aliphatic rings. The Labute approximate surface area is 171 Å². The zero-order chi connectivity index (χ0) is 20.4. The number of rotatable bonds is 6. The molecule has 3 aromatic carbocycles. The molecule has 29 heavy (non-hydrogen) atoms. The van der Waals surface area contributed by atoms with Crippen LogP contribution in [0.25, 0.3) is 10.8 Å². The van der Waals surface area contributed by atoms with Crippen LogP contribution in [0.1, 0.15) is 61.1 Å². The minimum absolute atomic E-state index is 0.0820. The third kappa shape index (κ3) is 4.34. The highest BCUT2D eigenvalue weighted by atomic mass is 19.1. The maximum atomic E-state index is 14.1. The van der Waals surface area contributed by atoms with Gasteiger partial charge >= 0.3 is 5.97 Å². The average molecular weight is 390 g/mol. The second-order valence-electron chi connectivity index (χ2n) is 8.51. The van der Waals surface area contributed by atoms with Crippen LogP contribution in [-0.4, -0.2) is 11.1 Å². The highest BCUT2D eigenvalue weighted by Crippen LogP contribution is 2.43. The van der Waals surface area contributed by atoms with E-state index in [9.17, 15) is 9.18 Å². The SMILES string of the molecule is C[C@@H](C[C@H]1CC[C@@H](c2cccc(CC(=O)O)c2)C1)c1ccc(F)c2ccccc12. The molecule has 0 bridgehead atoms. The summed E-state index contributed by atoms with van der Waals surface area (Å²) in [6, 6.07) is 19.4. The van der Waals surface area contributed by atoms with Gasteiger partial charge in [-0.05, 0) is 71.6 Å². The molecule has 0 spiro atoms. The molecule has 1 N–H and O–H groups in total. The highest BCUT2D eigenvalue weighted by molar-refractivity contribution is 5.86. The summed E-state index contributed by atoms with van der Waals surface area (Å²) in [5, 5.41) is 10.8. The fourth-order valence-corrected chi connectivity index (χ4v) is 5.07. The van der Waals surface area contributed by atoms with E-state index in [1.807, 2.05) is 42.5 Å². The van der Waals surface area contributed by atoms with Crippen molar-refractivity contribution in [2.24, 2.45) is 5.92 Å². The molecule has 0 saturated heterocycles. The minimum Gasteiger partial charge on any atom is -0.481 e. The van der Waals surface area contributed by atoms with E-state index in [-0.39, 0.29) is 12.2 Å². The molecule has 0 heterocycles. The fourth-order valence-electron chi connectivity index (χ4n) is 5.07. The lowest BCUT2D eigenvalue weighted by Gasteiger charge is -2.19. The molecule has 1 fully saturated rings. The van der Waals surface area contributed by atoms with Crippen molar-refractivity contribution in [1.82, 2.24) is 0 Å². The number of aliphatic carboxylic acids is 1. The average Bonchev–Trinajstić information content (AvgIpc) is 3.16. The van der Waals surface area contributed by atoms with Crippen molar-refractivity contribution in [2.75, 3.05) is 0 Å². The lowest BCUT2D eigenvalue weighted by molar-refractivity contribution is -0.136. The summed E-state index contributed by atoms with van der Waals surface area (Å²) < 4.78 is 14.1. The van der Waals surface area contributed by atoms with Crippen molar-refractivity contribution in [3.8, 4) is 0 Å². The Morgan fingerprint density at radius 1 is 1.07 bits per heavy atom. The molecule has 4 rings (SSSR count). The topological polar surface area (TPSA) is 37.3 Å². The zero-order valence-corrected chi connectivity index (χ0v) is 16.8. The normalized spacial score (nSPS) is 20.1. The van der Waals surface area contributed by atoms with Gasteiger partial charge in [-0.1, -0.05) is 61.5 Å². The van der Waals surface area contributed by atoms with Crippen LogP contribution < -0.4 is 0 Å². The van der Waals surface area contributed by atoms with Crippen LogP contribution in [0.15, 0.2) is 60.7 Å². The maximum Gasteiger partial charge on any atom is 0.307 e. The van der Waals surface area contributed by atoms with E-state index in [1.54, 1.807) is 6.07 Å². The van der Waals surface area contributed by atoms with E-state index in [1.165, 1.54) is 17.5 Å². The molecule has 3 atom stereocenters. The Morgan fingerprint density at radius 3 is 2.66 bits per heavy atom. The van der Waals surface area contributed by atoms with Gasteiger partial charge in [0.1, 0.15) is 5.82 Å². The number of hydrogen-bond donors (Lipinski definition) is 1. The van der Waals surface area contributed by atoms with Crippen molar-refractivity contribution in [3.05, 3.63) is 83.2 Å². The van der Waals surface area contributed by atoms with Gasteiger partial charge in [0.05, 0.1) is 6.42 Å². The molecule has 3 aromatic rings. The standard InChI is InChI=1S/C26H27FO2/c1-17(22-11-12-25(27)24-8-3-2-7-23(22)24)13-19-9-10-21(15-19)20-6-4-5-18(14-20)16-26(28)29/h2-8,11-12,14,17,19,21H,9-10,13,15-16H2,1H3,(H,28,29)/t17-,19+,21+/m0/s1. The molecule has 1 saturated carbocycles. The highest BCUT2D eigenvalue weighted by Gasteiger charge is 2.28. The Bertz CT molecular complexity index is 1030. The van der Waals surface area contributed by atoms with Gasteiger partial charge in [0.2, 0.25) is 0 Å². The van der Waals surface area contributed by atoms with Crippen molar-refractivity contribution >= 4 is 16.7 Å². The number of carbonyl (C=O) groups is 1. The van der Waals surface area contributed by atoms with Crippen LogP contribution in [0.3, 0.4) is 0 Å². The van der Waals surface area contributed by atoms with Crippen molar-refractivity contribution in [1.29, 1.82) is 0 Å². The second kappa shape index (κ2) is 8.36. The largest absolute Gasteiger partial charge is 0.481 e. The number of carboxylic acid groups (broad SMARTS) is 1. The Hall–Kier alpha value is -2.68. The molecule has 0 radical (unpaired) electrons. The Kier molecular flexibility index (Phi) is 5.66. The van der Waals surface area contributed by atoms with Crippen LogP contribution in [0.4, 0.5) is 4.39 Å². The predicted molar refractivity (Wildman–Crippen MR) is 115 cm³/mol. The first kappa shape index (κ1) is 19.6. The van der Waals surface area contributed by atoms with E-state index < -0.39 is 5.97 Å². The quantitative estimate of drug-likeness (QED) is 0.509. The minimum atomic E-state index is -0.785. The van der Waals surface area contributed by atoms with Crippen molar-refractivity contribution in [2.45, 2.75) is 50.9 Å². The van der Waals surface area contributed by atoms with E-state index >= 15 is 0 Å². The Morgan fingerprint density at radius 2 is 1.86 bits per heavy atom. The first-order valence-electron chi connectivity index (χ1n) is 10.5. The van der Waals surface area contributed by atoms with Crippen LogP contribution in [0.5, 0.6) is 0 Å². The van der Waals surface area contributed by atoms with Gasteiger partial charge in [0.15, 0.2) is 0 Å². The van der Waals surface area contributed by atoms with E-state index in [2.05, 4.69) is 19.1 Å². The first-order chi connectivity index (χ1) is 14.0. The number of benzene rings is 3. The summed E-state index contributed by atoms with van der Waals surface area (Å²) in [7, 11) is 0. The van der Waals surface area contributed by atoms with Gasteiger partial charge in [0.25, 0.3) is 0 Å². The van der Waals surface area contributed by atoms with Gasteiger partial charge in [-0.15, -0.1) is 0 Å². The molecule has 0 amide bonds. The summed E-state index contributed by atoms with van der Waals surface area (Å²) in [4.78, 5) is 11.0. The number of halogens is 1. The second-order valence-corrected chi connectivity index (χ2v) is 8.51. The molecule has 150 valence electrons. The molecule has 1 aliphatic carbocycles. The maximum absolute atomic E-state index is 14.1. The molecular weight excluding hydrogens is 363 g/mol. The summed E-state index contributed by atoms with van der Waals surface area (Å²) in [6.07, 6.45) is 4.66. The van der Waals surface area contributed by atoms with E-state index in [4.69, 9.17) is 5.11 Å². The predicted octanol–water partition coefficient (Wildman–Crippen LogP) is 6.68. The number of carboxylic acids is 1. The smallest absolute Gasteiger partial charge is 0.307 e. The van der Waals surface area contributed by atoms with Gasteiger partial charge in [-0.2, -0.15) is 0 Å². The molecule has 0 unspecified atom stereocenters. The summed E-state index contributed by atoms with van der Waals surface area (Å²) >= 11 is 0. The molecule has 2 nitrogen and oxygen atoms in total. The van der Waals surface area contributed by atoms with Gasteiger partial charge in [-0.3, -0.25) is 4.79 Å². The Balaban J connectivity index is 1.46. The van der Waals surface area contributed by atoms with Gasteiger partial charge in [-0.25, -0.2) is 4.39 Å². The summed E-state index contributed by atoms with van der Waals surface area (Å²) in [5.74, 6) is 0.584. The van der Waals surface area contributed by atoms with Crippen LogP contribution >= 0.6 is 0 Å². The van der Waals surface area contributed by atoms with Gasteiger partial charge < -0.3 is 5.11 Å². The van der Waals surface area contributed by atoms with Crippen molar-refractivity contribution in [3.63, 3.8) is 0 Å². The van der Waals surface area contributed by atoms with Crippen molar-refractivity contribution < 1.29 is 14.3 Å². The van der Waals surface area contributed by atoms with Crippen LogP contribution in [0.2, 0.25) is 0 Å². The summed E-state index contributed by atoms with van der Waals surface area (Å²) in [5.41, 5.74) is 3.38. The monoisotopic (exact) mass is 390 g/mol. The van der Waals surface area contributed by atoms with E-state index in [0.29, 0.717) is 23.1 Å². The molecular formula is C26H27FO2. The lowest BCUT2D eigenvalue weighted by atomic mass is 9.85. The molecule has 0 aromatic heterocycles. The number of hydrogen-bond acceptors (Lipinski definition) is 1. The number of fused-ring (bicyclic) bond motifs is 1. The lowest BCUT2D eigenvalue weighted by Crippen LogP contribution is -2.04. The third-order valence-corrected chi connectivity index (χ3v) is 6.44. The fraction of sp³-hybridized carbons (Fsp3) is 0.346. The zero-order valence-electron chi connectivity index (χ0n) is 16.8.